The zero-order valence-electron chi connectivity index (χ0n) is 13.5. The van der Waals surface area contributed by atoms with Crippen molar-refractivity contribution in [3.8, 4) is 0 Å². The van der Waals surface area contributed by atoms with Gasteiger partial charge in [0.15, 0.2) is 10.3 Å². The smallest absolute Gasteiger partial charge is 0.245 e. The molecule has 3 rings (SSSR count). The molecule has 0 radical (unpaired) electrons. The number of aryl methyl sites for hydroxylation is 3. The van der Waals surface area contributed by atoms with Crippen LogP contribution in [-0.2, 0) is 4.79 Å². The molecule has 0 atom stereocenters. The summed E-state index contributed by atoms with van der Waals surface area (Å²) in [4.78, 5) is 23.9. The minimum absolute atomic E-state index is 0.0884. The molecule has 2 heterocycles. The number of nitrogens with zero attached hydrogens (tertiary/aromatic N) is 3. The van der Waals surface area contributed by atoms with Crippen molar-refractivity contribution in [2.75, 3.05) is 23.8 Å². The molecule has 0 aliphatic rings. The van der Waals surface area contributed by atoms with Gasteiger partial charge in [0.2, 0.25) is 5.91 Å². The van der Waals surface area contributed by atoms with Crippen molar-refractivity contribution in [3.05, 3.63) is 34.3 Å². The lowest BCUT2D eigenvalue weighted by Crippen LogP contribution is -2.29. The second-order valence-electron chi connectivity index (χ2n) is 5.55. The molecule has 2 aromatic heterocycles. The summed E-state index contributed by atoms with van der Waals surface area (Å²) in [5.41, 5.74) is 3.39. The van der Waals surface area contributed by atoms with Crippen LogP contribution in [0.25, 0.3) is 10.2 Å². The standard InChI is InChI=1S/C16H18N4OS2/c1-9-5-6-10(2)14-13(9)19-16(23-14)20(4)8-12(21)18-15-17-7-11(3)22-15/h5-7H,8H2,1-4H3,(H,17,18,21). The number of thiazole rings is 2. The lowest BCUT2D eigenvalue weighted by atomic mass is 10.1. The maximum atomic E-state index is 12.1. The largest absolute Gasteiger partial charge is 0.342 e. The molecule has 1 aromatic carbocycles. The van der Waals surface area contributed by atoms with Gasteiger partial charge >= 0.3 is 0 Å². The van der Waals surface area contributed by atoms with Gasteiger partial charge in [-0.25, -0.2) is 9.97 Å². The van der Waals surface area contributed by atoms with Crippen LogP contribution in [0.2, 0.25) is 0 Å². The van der Waals surface area contributed by atoms with Gasteiger partial charge in [-0.15, -0.1) is 11.3 Å². The number of aromatic nitrogens is 2. The lowest BCUT2D eigenvalue weighted by Gasteiger charge is -2.14. The zero-order valence-corrected chi connectivity index (χ0v) is 15.1. The highest BCUT2D eigenvalue weighted by atomic mass is 32.1. The molecule has 0 unspecified atom stereocenters. The fourth-order valence-corrected chi connectivity index (χ4v) is 4.02. The average Bonchev–Trinajstić information content (AvgIpc) is 3.10. The van der Waals surface area contributed by atoms with Crippen molar-refractivity contribution in [2.45, 2.75) is 20.8 Å². The Morgan fingerprint density at radius 3 is 2.61 bits per heavy atom. The van der Waals surface area contributed by atoms with Crippen LogP contribution in [0.15, 0.2) is 18.3 Å². The number of anilines is 2. The van der Waals surface area contributed by atoms with Crippen LogP contribution in [0.4, 0.5) is 10.3 Å². The van der Waals surface area contributed by atoms with Gasteiger partial charge in [0.1, 0.15) is 0 Å². The molecule has 0 aliphatic heterocycles. The Labute approximate surface area is 143 Å². The number of amides is 1. The minimum Gasteiger partial charge on any atom is -0.342 e. The van der Waals surface area contributed by atoms with Crippen LogP contribution in [0, 0.1) is 20.8 Å². The third kappa shape index (κ3) is 3.35. The number of rotatable bonds is 4. The molecule has 1 N–H and O–H groups in total. The summed E-state index contributed by atoms with van der Waals surface area (Å²) >= 11 is 3.09. The molecule has 23 heavy (non-hydrogen) atoms. The summed E-state index contributed by atoms with van der Waals surface area (Å²) in [6.45, 7) is 6.35. The van der Waals surface area contributed by atoms with E-state index >= 15 is 0 Å². The van der Waals surface area contributed by atoms with Crippen molar-refractivity contribution >= 4 is 49.1 Å². The second-order valence-corrected chi connectivity index (χ2v) is 7.77. The molecule has 0 fully saturated rings. The Bertz CT molecular complexity index is 829. The lowest BCUT2D eigenvalue weighted by molar-refractivity contribution is -0.114. The summed E-state index contributed by atoms with van der Waals surface area (Å²) in [5, 5.41) is 4.31. The van der Waals surface area contributed by atoms with Crippen LogP contribution in [0.5, 0.6) is 0 Å². The van der Waals surface area contributed by atoms with Crippen LogP contribution >= 0.6 is 22.7 Å². The molecule has 7 heteroatoms. The van der Waals surface area contributed by atoms with E-state index in [1.807, 2.05) is 18.9 Å². The summed E-state index contributed by atoms with van der Waals surface area (Å²) in [7, 11) is 1.88. The van der Waals surface area contributed by atoms with E-state index in [4.69, 9.17) is 0 Å². The third-order valence-electron chi connectivity index (χ3n) is 3.51. The van der Waals surface area contributed by atoms with Crippen LogP contribution < -0.4 is 10.2 Å². The van der Waals surface area contributed by atoms with Gasteiger partial charge in [0.25, 0.3) is 0 Å². The molecule has 0 bridgehead atoms. The number of fused-ring (bicyclic) bond motifs is 1. The van der Waals surface area contributed by atoms with E-state index in [0.29, 0.717) is 5.13 Å². The van der Waals surface area contributed by atoms with Gasteiger partial charge < -0.3 is 10.2 Å². The Morgan fingerprint density at radius 2 is 1.96 bits per heavy atom. The van der Waals surface area contributed by atoms with Crippen molar-refractivity contribution < 1.29 is 4.79 Å². The number of benzene rings is 1. The van der Waals surface area contributed by atoms with Crippen LogP contribution in [0.3, 0.4) is 0 Å². The van der Waals surface area contributed by atoms with E-state index in [-0.39, 0.29) is 12.5 Å². The minimum atomic E-state index is -0.0884. The molecule has 120 valence electrons. The van der Waals surface area contributed by atoms with Gasteiger partial charge in [0.05, 0.1) is 16.8 Å². The SMILES string of the molecule is Cc1cnc(NC(=O)CN(C)c2nc3c(C)ccc(C)c3s2)s1. The highest BCUT2D eigenvalue weighted by Gasteiger charge is 2.15. The normalized spacial score (nSPS) is 11.0. The average molecular weight is 346 g/mol. The number of hydrogen-bond donors (Lipinski definition) is 1. The fourth-order valence-electron chi connectivity index (χ4n) is 2.27. The van der Waals surface area contributed by atoms with E-state index in [1.165, 1.54) is 21.6 Å². The van der Waals surface area contributed by atoms with Crippen molar-refractivity contribution in [1.82, 2.24) is 9.97 Å². The molecule has 3 aromatic rings. The topological polar surface area (TPSA) is 58.1 Å². The zero-order chi connectivity index (χ0) is 16.6. The monoisotopic (exact) mass is 346 g/mol. The quantitative estimate of drug-likeness (QED) is 0.781. The van der Waals surface area contributed by atoms with Crippen molar-refractivity contribution in [3.63, 3.8) is 0 Å². The molecule has 0 saturated heterocycles. The van der Waals surface area contributed by atoms with Crippen molar-refractivity contribution in [1.29, 1.82) is 0 Å². The van der Waals surface area contributed by atoms with E-state index in [9.17, 15) is 4.79 Å². The van der Waals surface area contributed by atoms with E-state index in [0.717, 1.165) is 21.1 Å². The Balaban J connectivity index is 1.75. The molecular formula is C16H18N4OS2. The molecule has 0 aliphatic carbocycles. The first-order valence-corrected chi connectivity index (χ1v) is 8.87. The number of carbonyl (C=O) groups excluding carboxylic acids is 1. The third-order valence-corrected chi connectivity index (χ3v) is 5.64. The summed E-state index contributed by atoms with van der Waals surface area (Å²) in [5.74, 6) is -0.0884. The molecule has 0 spiro atoms. The van der Waals surface area contributed by atoms with Gasteiger partial charge in [-0.1, -0.05) is 23.5 Å². The predicted molar refractivity (Wildman–Crippen MR) is 97.8 cm³/mol. The second kappa shape index (κ2) is 6.25. The summed E-state index contributed by atoms with van der Waals surface area (Å²) < 4.78 is 1.18. The number of hydrogen-bond acceptors (Lipinski definition) is 6. The maximum absolute atomic E-state index is 12.1. The van der Waals surface area contributed by atoms with Crippen molar-refractivity contribution in [2.24, 2.45) is 0 Å². The fraction of sp³-hybridized carbons (Fsp3) is 0.312. The predicted octanol–water partition coefficient (Wildman–Crippen LogP) is 3.75. The van der Waals surface area contributed by atoms with Gasteiger partial charge in [0, 0.05) is 18.1 Å². The number of likely N-dealkylation sites (N-methyl/N-ethyl adjacent to an activating group) is 1. The molecule has 5 nitrogen and oxygen atoms in total. The molecular weight excluding hydrogens is 328 g/mol. The number of carbonyl (C=O) groups is 1. The summed E-state index contributed by atoms with van der Waals surface area (Å²) in [6, 6.07) is 4.19. The highest BCUT2D eigenvalue weighted by Crippen LogP contribution is 2.32. The first-order chi connectivity index (χ1) is 10.9. The first kappa shape index (κ1) is 15.9. The van der Waals surface area contributed by atoms with E-state index < -0.39 is 0 Å². The first-order valence-electron chi connectivity index (χ1n) is 7.24. The van der Waals surface area contributed by atoms with Gasteiger partial charge in [-0.3, -0.25) is 4.79 Å². The van der Waals surface area contributed by atoms with E-state index in [2.05, 4.69) is 41.3 Å². The molecule has 1 amide bonds. The highest BCUT2D eigenvalue weighted by molar-refractivity contribution is 7.22. The van der Waals surface area contributed by atoms with Crippen LogP contribution in [0.1, 0.15) is 16.0 Å². The van der Waals surface area contributed by atoms with E-state index in [1.54, 1.807) is 17.5 Å². The van der Waals surface area contributed by atoms with Gasteiger partial charge in [-0.05, 0) is 31.9 Å². The van der Waals surface area contributed by atoms with Crippen LogP contribution in [-0.4, -0.2) is 29.5 Å². The molecule has 0 saturated carbocycles. The Morgan fingerprint density at radius 1 is 1.22 bits per heavy atom. The number of nitrogens with one attached hydrogen (secondary N) is 1. The summed E-state index contributed by atoms with van der Waals surface area (Å²) in [6.07, 6.45) is 1.75. The Hall–Kier alpha value is -1.99. The Kier molecular flexibility index (Phi) is 4.32. The van der Waals surface area contributed by atoms with Gasteiger partial charge in [-0.2, -0.15) is 0 Å². The maximum Gasteiger partial charge on any atom is 0.245 e.